The van der Waals surface area contributed by atoms with Gasteiger partial charge in [0.2, 0.25) is 0 Å². The Bertz CT molecular complexity index is 864. The Morgan fingerprint density at radius 1 is 1.19 bits per heavy atom. The Labute approximate surface area is 156 Å². The van der Waals surface area contributed by atoms with Gasteiger partial charge in [-0.3, -0.25) is 9.59 Å². The lowest BCUT2D eigenvalue weighted by atomic mass is 9.95. The Morgan fingerprint density at radius 2 is 1.96 bits per heavy atom. The number of aryl methyl sites for hydroxylation is 3. The Morgan fingerprint density at radius 3 is 2.69 bits per heavy atom. The highest BCUT2D eigenvalue weighted by Gasteiger charge is 2.31. The molecule has 7 heteroatoms. The Balaban J connectivity index is 1.66. The summed E-state index contributed by atoms with van der Waals surface area (Å²) < 4.78 is 5.18. The summed E-state index contributed by atoms with van der Waals surface area (Å²) in [4.78, 5) is 26.9. The van der Waals surface area contributed by atoms with Crippen molar-refractivity contribution in [2.45, 2.75) is 64.8 Å². The fourth-order valence-corrected chi connectivity index (χ4v) is 4.78. The van der Waals surface area contributed by atoms with E-state index in [0.29, 0.717) is 34.0 Å². The first kappa shape index (κ1) is 17.3. The van der Waals surface area contributed by atoms with Gasteiger partial charge in [0.15, 0.2) is 0 Å². The van der Waals surface area contributed by atoms with Crippen LogP contribution in [-0.4, -0.2) is 23.0 Å². The summed E-state index contributed by atoms with van der Waals surface area (Å²) in [7, 11) is 0. The number of carbonyl (C=O) groups excluding carboxylic acids is 2. The summed E-state index contributed by atoms with van der Waals surface area (Å²) in [5, 5.41) is 10.7. The van der Waals surface area contributed by atoms with Gasteiger partial charge in [0.05, 0.1) is 11.3 Å². The molecule has 2 aliphatic rings. The van der Waals surface area contributed by atoms with Crippen molar-refractivity contribution in [3.05, 3.63) is 33.0 Å². The van der Waals surface area contributed by atoms with E-state index >= 15 is 0 Å². The van der Waals surface area contributed by atoms with Crippen molar-refractivity contribution in [1.29, 1.82) is 0 Å². The molecule has 2 aromatic heterocycles. The fraction of sp³-hybridized carbons (Fsp3) is 0.526. The summed E-state index contributed by atoms with van der Waals surface area (Å²) in [6.07, 6.45) is 6.81. The summed E-state index contributed by atoms with van der Waals surface area (Å²) >= 11 is 1.54. The van der Waals surface area contributed by atoms with Crippen LogP contribution in [0, 0.1) is 6.92 Å². The standard InChI is InChI=1S/C19H23N3O3S/c1-3-13-15(10(2)25-22-13)17(23)21-19-16(18(24)20-11-8-9-11)12-6-4-5-7-14(12)26-19/h11H,3-9H2,1-2H3,(H,20,24)(H,21,23). The maximum atomic E-state index is 12.9. The Kier molecular flexibility index (Phi) is 4.56. The van der Waals surface area contributed by atoms with E-state index in [2.05, 4.69) is 15.8 Å². The van der Waals surface area contributed by atoms with Gasteiger partial charge in [0, 0.05) is 10.9 Å². The molecule has 0 aromatic carbocycles. The third-order valence-electron chi connectivity index (χ3n) is 5.03. The van der Waals surface area contributed by atoms with Crippen LogP contribution in [0.4, 0.5) is 5.00 Å². The number of aromatic nitrogens is 1. The molecule has 2 aromatic rings. The number of nitrogens with one attached hydrogen (secondary N) is 2. The van der Waals surface area contributed by atoms with E-state index in [1.807, 2.05) is 6.92 Å². The molecular weight excluding hydrogens is 350 g/mol. The molecule has 4 rings (SSSR count). The highest BCUT2D eigenvalue weighted by molar-refractivity contribution is 7.17. The third-order valence-corrected chi connectivity index (χ3v) is 6.24. The normalized spacial score (nSPS) is 16.2. The number of fused-ring (bicyclic) bond motifs is 1. The van der Waals surface area contributed by atoms with Crippen LogP contribution in [0.1, 0.15) is 75.2 Å². The first-order chi connectivity index (χ1) is 12.6. The molecule has 138 valence electrons. The summed E-state index contributed by atoms with van der Waals surface area (Å²) in [6, 6.07) is 0.289. The first-order valence-electron chi connectivity index (χ1n) is 9.30. The average molecular weight is 373 g/mol. The van der Waals surface area contributed by atoms with Crippen molar-refractivity contribution in [2.75, 3.05) is 5.32 Å². The molecule has 0 aliphatic heterocycles. The van der Waals surface area contributed by atoms with Crippen molar-refractivity contribution < 1.29 is 14.1 Å². The lowest BCUT2D eigenvalue weighted by Crippen LogP contribution is -2.27. The smallest absolute Gasteiger partial charge is 0.261 e. The fourth-order valence-electron chi connectivity index (χ4n) is 3.50. The summed E-state index contributed by atoms with van der Waals surface area (Å²) in [5.41, 5.74) is 2.90. The van der Waals surface area contributed by atoms with Gasteiger partial charge in [0.25, 0.3) is 11.8 Å². The molecule has 26 heavy (non-hydrogen) atoms. The number of carbonyl (C=O) groups is 2. The molecule has 0 unspecified atom stereocenters. The zero-order chi connectivity index (χ0) is 18.3. The second-order valence-corrected chi connectivity index (χ2v) is 8.14. The van der Waals surface area contributed by atoms with Crippen molar-refractivity contribution >= 4 is 28.2 Å². The van der Waals surface area contributed by atoms with Gasteiger partial charge in [-0.2, -0.15) is 0 Å². The molecule has 0 saturated heterocycles. The number of anilines is 1. The number of amides is 2. The van der Waals surface area contributed by atoms with Crippen LogP contribution in [0.2, 0.25) is 0 Å². The minimum Gasteiger partial charge on any atom is -0.361 e. The molecule has 2 N–H and O–H groups in total. The molecular formula is C19H23N3O3S. The third kappa shape index (κ3) is 3.16. The van der Waals surface area contributed by atoms with E-state index in [4.69, 9.17) is 4.52 Å². The molecule has 0 spiro atoms. The van der Waals surface area contributed by atoms with E-state index < -0.39 is 0 Å². The van der Waals surface area contributed by atoms with Gasteiger partial charge in [-0.25, -0.2) is 0 Å². The molecule has 2 aliphatic carbocycles. The molecule has 0 radical (unpaired) electrons. The maximum absolute atomic E-state index is 12.9. The quantitative estimate of drug-likeness (QED) is 0.838. The van der Waals surface area contributed by atoms with E-state index in [1.54, 1.807) is 6.92 Å². The Hall–Kier alpha value is -2.15. The predicted octanol–water partition coefficient (Wildman–Crippen LogP) is 3.63. The van der Waals surface area contributed by atoms with Crippen LogP contribution in [0.3, 0.4) is 0 Å². The number of rotatable bonds is 5. The molecule has 1 fully saturated rings. The van der Waals surface area contributed by atoms with Crippen molar-refractivity contribution in [3.8, 4) is 0 Å². The minimum atomic E-state index is -0.250. The molecule has 6 nitrogen and oxygen atoms in total. The van der Waals surface area contributed by atoms with Crippen molar-refractivity contribution in [2.24, 2.45) is 0 Å². The van der Waals surface area contributed by atoms with E-state index in [1.165, 1.54) is 16.2 Å². The average Bonchev–Trinajstić information content (AvgIpc) is 3.23. The van der Waals surface area contributed by atoms with Gasteiger partial charge in [-0.05, 0) is 57.4 Å². The van der Waals surface area contributed by atoms with Crippen molar-refractivity contribution in [1.82, 2.24) is 10.5 Å². The molecule has 2 amide bonds. The highest BCUT2D eigenvalue weighted by Crippen LogP contribution is 2.39. The first-order valence-corrected chi connectivity index (χ1v) is 10.1. The van der Waals surface area contributed by atoms with Gasteiger partial charge in [0.1, 0.15) is 16.3 Å². The SMILES string of the molecule is CCc1noc(C)c1C(=O)Nc1sc2c(c1C(=O)NC1CC1)CCCC2. The molecule has 0 bridgehead atoms. The summed E-state index contributed by atoms with van der Waals surface area (Å²) in [5.74, 6) is 0.198. The molecule has 1 saturated carbocycles. The maximum Gasteiger partial charge on any atom is 0.261 e. The van der Waals surface area contributed by atoms with E-state index in [9.17, 15) is 9.59 Å². The van der Waals surface area contributed by atoms with E-state index in [-0.39, 0.29) is 17.9 Å². The molecule has 0 atom stereocenters. The number of nitrogens with zero attached hydrogens (tertiary/aromatic N) is 1. The van der Waals surface area contributed by atoms with Gasteiger partial charge < -0.3 is 15.2 Å². The van der Waals surface area contributed by atoms with Gasteiger partial charge in [-0.1, -0.05) is 12.1 Å². The lowest BCUT2D eigenvalue weighted by molar-refractivity contribution is 0.0951. The van der Waals surface area contributed by atoms with Crippen LogP contribution >= 0.6 is 11.3 Å². The monoisotopic (exact) mass is 373 g/mol. The van der Waals surface area contributed by atoms with Crippen LogP contribution < -0.4 is 10.6 Å². The van der Waals surface area contributed by atoms with Crippen LogP contribution in [-0.2, 0) is 19.3 Å². The van der Waals surface area contributed by atoms with Gasteiger partial charge >= 0.3 is 0 Å². The predicted molar refractivity (Wildman–Crippen MR) is 100 cm³/mol. The van der Waals surface area contributed by atoms with Crippen LogP contribution in [0.5, 0.6) is 0 Å². The largest absolute Gasteiger partial charge is 0.361 e. The minimum absolute atomic E-state index is 0.0556. The lowest BCUT2D eigenvalue weighted by Gasteiger charge is -2.13. The second kappa shape index (κ2) is 6.87. The van der Waals surface area contributed by atoms with Crippen molar-refractivity contribution in [3.63, 3.8) is 0 Å². The zero-order valence-electron chi connectivity index (χ0n) is 15.1. The highest BCUT2D eigenvalue weighted by atomic mass is 32.1. The molecule has 2 heterocycles. The van der Waals surface area contributed by atoms with Crippen LogP contribution in [0.15, 0.2) is 4.52 Å². The number of hydrogen-bond acceptors (Lipinski definition) is 5. The van der Waals surface area contributed by atoms with Crippen LogP contribution in [0.25, 0.3) is 0 Å². The second-order valence-electron chi connectivity index (χ2n) is 7.03. The zero-order valence-corrected chi connectivity index (χ0v) is 15.9. The summed E-state index contributed by atoms with van der Waals surface area (Å²) in [6.45, 7) is 3.67. The number of hydrogen-bond donors (Lipinski definition) is 2. The topological polar surface area (TPSA) is 84.2 Å². The van der Waals surface area contributed by atoms with Gasteiger partial charge in [-0.15, -0.1) is 11.3 Å². The van der Waals surface area contributed by atoms with E-state index in [0.717, 1.165) is 44.1 Å². The number of thiophene rings is 1.